The number of amides is 1. The number of carbonyl (C=O) groups excluding carboxylic acids is 1. The van der Waals surface area contributed by atoms with Gasteiger partial charge in [-0.2, -0.15) is 0 Å². The summed E-state index contributed by atoms with van der Waals surface area (Å²) in [5, 5.41) is 15.8. The minimum absolute atomic E-state index is 0.114. The number of ether oxygens (including phenoxy) is 1. The molecule has 8 heteroatoms. The van der Waals surface area contributed by atoms with Gasteiger partial charge in [-0.05, 0) is 81.3 Å². The van der Waals surface area contributed by atoms with Crippen molar-refractivity contribution in [1.29, 1.82) is 0 Å². The third-order valence-electron chi connectivity index (χ3n) is 7.45. The van der Waals surface area contributed by atoms with E-state index >= 15 is 0 Å². The highest BCUT2D eigenvalue weighted by molar-refractivity contribution is 5.92. The van der Waals surface area contributed by atoms with Crippen LogP contribution in [0.25, 0.3) is 0 Å². The van der Waals surface area contributed by atoms with E-state index < -0.39 is 11.6 Å². The number of carboxylic acids is 1. The summed E-state index contributed by atoms with van der Waals surface area (Å²) in [5.41, 5.74) is 3.62. The highest BCUT2D eigenvalue weighted by Crippen LogP contribution is 2.34. The molecule has 3 N–H and O–H groups in total. The van der Waals surface area contributed by atoms with E-state index in [1.54, 1.807) is 12.1 Å². The lowest BCUT2D eigenvalue weighted by Gasteiger charge is -2.23. The van der Waals surface area contributed by atoms with Gasteiger partial charge in [-0.1, -0.05) is 43.5 Å². The monoisotopic (exact) mass is 533 g/mol. The number of aryl methyl sites for hydroxylation is 2. The Bertz CT molecular complexity index is 1280. The molecular formula is C31H39N3O5. The molecule has 0 bridgehead atoms. The van der Waals surface area contributed by atoms with Gasteiger partial charge in [0.15, 0.2) is 12.0 Å². The zero-order valence-corrected chi connectivity index (χ0v) is 23.3. The van der Waals surface area contributed by atoms with Crippen LogP contribution < -0.4 is 15.4 Å². The van der Waals surface area contributed by atoms with E-state index in [-0.39, 0.29) is 18.4 Å². The van der Waals surface area contributed by atoms with Gasteiger partial charge in [0.1, 0.15) is 11.5 Å². The van der Waals surface area contributed by atoms with Gasteiger partial charge >= 0.3 is 5.97 Å². The summed E-state index contributed by atoms with van der Waals surface area (Å²) >= 11 is 0. The van der Waals surface area contributed by atoms with Crippen LogP contribution in [0.3, 0.4) is 0 Å². The summed E-state index contributed by atoms with van der Waals surface area (Å²) in [6.45, 7) is 7.38. The van der Waals surface area contributed by atoms with Crippen molar-refractivity contribution in [3.8, 4) is 5.75 Å². The van der Waals surface area contributed by atoms with Gasteiger partial charge in [0, 0.05) is 18.7 Å². The summed E-state index contributed by atoms with van der Waals surface area (Å²) in [5.74, 6) is 0.564. The zero-order valence-electron chi connectivity index (χ0n) is 23.3. The molecule has 0 radical (unpaired) electrons. The number of rotatable bonds is 11. The Labute approximate surface area is 230 Å². The number of hydrogen-bond donors (Lipinski definition) is 3. The number of aliphatic carboxylic acids is 1. The average Bonchev–Trinajstić information content (AvgIpc) is 3.34. The van der Waals surface area contributed by atoms with E-state index in [9.17, 15) is 14.7 Å². The van der Waals surface area contributed by atoms with Crippen LogP contribution in [0.15, 0.2) is 53.3 Å². The van der Waals surface area contributed by atoms with Crippen LogP contribution in [0.4, 0.5) is 5.69 Å². The molecule has 1 aliphatic carbocycles. The van der Waals surface area contributed by atoms with Gasteiger partial charge in [-0.15, -0.1) is 0 Å². The molecule has 0 aliphatic heterocycles. The number of aromatic nitrogens is 1. The number of hydrogen-bond acceptors (Lipinski definition) is 6. The van der Waals surface area contributed by atoms with E-state index in [2.05, 4.69) is 27.8 Å². The Morgan fingerprint density at radius 2 is 1.82 bits per heavy atom. The number of carbonyl (C=O) groups is 2. The molecule has 208 valence electrons. The first-order chi connectivity index (χ1) is 18.6. The van der Waals surface area contributed by atoms with Crippen molar-refractivity contribution in [1.82, 2.24) is 10.3 Å². The highest BCUT2D eigenvalue weighted by atomic mass is 16.5. The van der Waals surface area contributed by atoms with Crippen molar-refractivity contribution >= 4 is 17.6 Å². The minimum Gasteiger partial charge on any atom is -0.478 e. The van der Waals surface area contributed by atoms with Crippen LogP contribution in [-0.2, 0) is 16.1 Å². The smallest absolute Gasteiger partial charge is 0.347 e. The second kappa shape index (κ2) is 12.5. The fourth-order valence-corrected chi connectivity index (χ4v) is 5.06. The van der Waals surface area contributed by atoms with Crippen LogP contribution >= 0.6 is 0 Å². The van der Waals surface area contributed by atoms with Crippen LogP contribution in [0.5, 0.6) is 5.75 Å². The summed E-state index contributed by atoms with van der Waals surface area (Å²) in [4.78, 5) is 28.7. The molecule has 1 aliphatic rings. The first kappa shape index (κ1) is 28.4. The molecule has 1 fully saturated rings. The average molecular weight is 534 g/mol. The van der Waals surface area contributed by atoms with Gasteiger partial charge in [0.25, 0.3) is 0 Å². The van der Waals surface area contributed by atoms with Gasteiger partial charge < -0.3 is 24.9 Å². The van der Waals surface area contributed by atoms with Gasteiger partial charge in [0.2, 0.25) is 5.91 Å². The van der Waals surface area contributed by atoms with E-state index in [1.165, 1.54) is 57.9 Å². The van der Waals surface area contributed by atoms with Gasteiger partial charge in [-0.25, -0.2) is 9.78 Å². The first-order valence-electron chi connectivity index (χ1n) is 13.7. The van der Waals surface area contributed by atoms with Crippen LogP contribution in [0, 0.1) is 13.8 Å². The Hall–Kier alpha value is -3.65. The number of anilines is 1. The molecule has 0 saturated heterocycles. The second-order valence-electron chi connectivity index (χ2n) is 11.0. The van der Waals surface area contributed by atoms with Gasteiger partial charge in [0.05, 0.1) is 11.7 Å². The Morgan fingerprint density at radius 3 is 2.44 bits per heavy atom. The number of nitrogens with one attached hydrogen (secondary N) is 2. The molecule has 8 nitrogen and oxygen atoms in total. The number of nitrogens with zero attached hydrogens (tertiary/aromatic N) is 1. The lowest BCUT2D eigenvalue weighted by atomic mass is 9.83. The quantitative estimate of drug-likeness (QED) is 0.260. The Kier molecular flexibility index (Phi) is 9.07. The largest absolute Gasteiger partial charge is 0.478 e. The van der Waals surface area contributed by atoms with Crippen molar-refractivity contribution in [2.75, 3.05) is 5.32 Å². The molecular weight excluding hydrogens is 494 g/mol. The highest BCUT2D eigenvalue weighted by Gasteiger charge is 2.29. The molecule has 1 heterocycles. The molecule has 1 amide bonds. The van der Waals surface area contributed by atoms with Crippen molar-refractivity contribution in [2.45, 2.75) is 90.3 Å². The molecule has 2 aromatic carbocycles. The van der Waals surface area contributed by atoms with E-state index in [0.717, 1.165) is 22.5 Å². The van der Waals surface area contributed by atoms with Crippen molar-refractivity contribution < 1.29 is 23.8 Å². The van der Waals surface area contributed by atoms with Crippen molar-refractivity contribution in [3.05, 3.63) is 77.0 Å². The predicted molar refractivity (Wildman–Crippen MR) is 150 cm³/mol. The Morgan fingerprint density at radius 1 is 1.10 bits per heavy atom. The maximum absolute atomic E-state index is 13.1. The molecule has 0 spiro atoms. The second-order valence-corrected chi connectivity index (χ2v) is 11.0. The Balaban J connectivity index is 1.39. The molecule has 3 aromatic rings. The van der Waals surface area contributed by atoms with Crippen LogP contribution in [0.1, 0.15) is 92.5 Å². The van der Waals surface area contributed by atoms with E-state index in [4.69, 9.17) is 9.15 Å². The lowest BCUT2D eigenvalue weighted by Crippen LogP contribution is -2.37. The summed E-state index contributed by atoms with van der Waals surface area (Å²) in [7, 11) is 0. The zero-order chi connectivity index (χ0) is 28.0. The molecule has 1 aromatic heterocycles. The van der Waals surface area contributed by atoms with Crippen molar-refractivity contribution in [2.24, 2.45) is 0 Å². The summed E-state index contributed by atoms with van der Waals surface area (Å²) in [6, 6.07) is 13.2. The first-order valence-corrected chi connectivity index (χ1v) is 13.7. The maximum atomic E-state index is 13.1. The standard InChI is InChI=1S/C31H39N3O5/c1-20-16-24(23-8-6-5-7-9-23)12-15-26(20)34-28(35)17-27(29-21(2)33-19-38-29)32-18-22-10-13-25(14-11-22)39-31(3,4)30(36)37/h10-16,19,23,27,32H,5-9,17-18H2,1-4H3,(H,34,35)(H,36,37). The predicted octanol–water partition coefficient (Wildman–Crippen LogP) is 6.44. The van der Waals surface area contributed by atoms with Crippen LogP contribution in [-0.4, -0.2) is 27.6 Å². The topological polar surface area (TPSA) is 114 Å². The molecule has 39 heavy (non-hydrogen) atoms. The third-order valence-corrected chi connectivity index (χ3v) is 7.45. The maximum Gasteiger partial charge on any atom is 0.347 e. The summed E-state index contributed by atoms with van der Waals surface area (Å²) in [6.07, 6.45) is 7.96. The third kappa shape index (κ3) is 7.47. The number of oxazole rings is 1. The van der Waals surface area contributed by atoms with E-state index in [0.29, 0.717) is 24.0 Å². The fourth-order valence-electron chi connectivity index (χ4n) is 5.06. The van der Waals surface area contributed by atoms with Crippen LogP contribution in [0.2, 0.25) is 0 Å². The number of benzene rings is 2. The normalized spacial score (nSPS) is 15.1. The lowest BCUT2D eigenvalue weighted by molar-refractivity contribution is -0.152. The fraction of sp³-hybridized carbons (Fsp3) is 0.452. The van der Waals surface area contributed by atoms with Gasteiger partial charge in [-0.3, -0.25) is 4.79 Å². The van der Waals surface area contributed by atoms with E-state index in [1.807, 2.05) is 32.0 Å². The molecule has 1 saturated carbocycles. The molecule has 1 unspecified atom stereocenters. The molecule has 4 rings (SSSR count). The minimum atomic E-state index is -1.32. The van der Waals surface area contributed by atoms with Crippen molar-refractivity contribution in [3.63, 3.8) is 0 Å². The SMILES string of the molecule is Cc1cc(C2CCCCC2)ccc1NC(=O)CC(NCc1ccc(OC(C)(C)C(=O)O)cc1)c1ocnc1C. The molecule has 1 atom stereocenters. The number of carboxylic acid groups (broad SMARTS) is 1. The summed E-state index contributed by atoms with van der Waals surface area (Å²) < 4.78 is 11.2.